The van der Waals surface area contributed by atoms with E-state index in [-0.39, 0.29) is 0 Å². The minimum absolute atomic E-state index is 0.800. The van der Waals surface area contributed by atoms with E-state index in [0.717, 1.165) is 52.1 Å². The fourth-order valence-corrected chi connectivity index (χ4v) is 2.09. The van der Waals surface area contributed by atoms with Crippen molar-refractivity contribution in [3.05, 3.63) is 0 Å². The Morgan fingerprint density at radius 1 is 0.421 bits per heavy atom. The first-order valence-corrected chi connectivity index (χ1v) is 8.23. The molecule has 0 unspecified atom stereocenters. The highest BCUT2D eigenvalue weighted by Gasteiger charge is 1.93. The second kappa shape index (κ2) is 17.8. The smallest absolute Gasteiger partial charge is 0.00369 e. The molecule has 0 radical (unpaired) electrons. The quantitative estimate of drug-likeness (QED) is 0.322. The molecule has 0 aliphatic rings. The van der Waals surface area contributed by atoms with Gasteiger partial charge in [0.05, 0.1) is 0 Å². The minimum atomic E-state index is 0.800. The van der Waals surface area contributed by atoms with Crippen molar-refractivity contribution >= 4 is 0 Å². The van der Waals surface area contributed by atoms with Crippen molar-refractivity contribution in [2.24, 2.45) is 11.5 Å². The average molecular weight is 272 g/mol. The maximum Gasteiger partial charge on any atom is -0.00369 e. The van der Waals surface area contributed by atoms with Crippen LogP contribution in [0.3, 0.4) is 0 Å². The van der Waals surface area contributed by atoms with Gasteiger partial charge >= 0.3 is 0 Å². The molecule has 116 valence electrons. The lowest BCUT2D eigenvalue weighted by Crippen LogP contribution is -2.19. The van der Waals surface area contributed by atoms with Gasteiger partial charge in [0.1, 0.15) is 0 Å². The van der Waals surface area contributed by atoms with Crippen LogP contribution in [0.25, 0.3) is 0 Å². The number of nitrogens with two attached hydrogens (primary N) is 2. The molecule has 0 aliphatic heterocycles. The Morgan fingerprint density at radius 2 is 0.737 bits per heavy atom. The molecule has 0 heterocycles. The maximum absolute atomic E-state index is 5.43. The Hall–Kier alpha value is -0.160. The SMILES string of the molecule is NCCCNCCCCCCCCCNCCCN. The zero-order valence-corrected chi connectivity index (χ0v) is 12.8. The lowest BCUT2D eigenvalue weighted by molar-refractivity contribution is 0.541. The van der Waals surface area contributed by atoms with Gasteiger partial charge in [-0.15, -0.1) is 0 Å². The second-order valence-electron chi connectivity index (χ2n) is 5.26. The molecule has 4 nitrogen and oxygen atoms in total. The van der Waals surface area contributed by atoms with Gasteiger partial charge in [0.25, 0.3) is 0 Å². The lowest BCUT2D eigenvalue weighted by atomic mass is 10.1. The van der Waals surface area contributed by atoms with E-state index in [2.05, 4.69) is 10.6 Å². The molecule has 0 saturated carbocycles. The minimum Gasteiger partial charge on any atom is -0.330 e. The molecule has 0 aromatic carbocycles. The van der Waals surface area contributed by atoms with Gasteiger partial charge in [-0.25, -0.2) is 0 Å². The van der Waals surface area contributed by atoms with E-state index in [1.807, 2.05) is 0 Å². The average Bonchev–Trinajstić information content (AvgIpc) is 2.43. The van der Waals surface area contributed by atoms with Crippen LogP contribution in [-0.2, 0) is 0 Å². The Balaban J connectivity index is 2.88. The van der Waals surface area contributed by atoms with Crippen molar-refractivity contribution < 1.29 is 0 Å². The first-order valence-electron chi connectivity index (χ1n) is 8.23. The third-order valence-electron chi connectivity index (χ3n) is 3.32. The van der Waals surface area contributed by atoms with E-state index >= 15 is 0 Å². The highest BCUT2D eigenvalue weighted by Crippen LogP contribution is 2.06. The van der Waals surface area contributed by atoms with Gasteiger partial charge in [-0.1, -0.05) is 32.1 Å². The fraction of sp³-hybridized carbons (Fsp3) is 1.00. The molecule has 0 aliphatic carbocycles. The summed E-state index contributed by atoms with van der Waals surface area (Å²) in [5, 5.41) is 6.85. The number of unbranched alkanes of at least 4 members (excludes halogenated alkanes) is 6. The van der Waals surface area contributed by atoms with Crippen molar-refractivity contribution in [1.29, 1.82) is 0 Å². The van der Waals surface area contributed by atoms with E-state index in [4.69, 9.17) is 11.5 Å². The number of rotatable bonds is 16. The maximum atomic E-state index is 5.43. The van der Waals surface area contributed by atoms with Crippen LogP contribution in [0, 0.1) is 0 Å². The first-order chi connectivity index (χ1) is 9.41. The summed E-state index contributed by atoms with van der Waals surface area (Å²) in [6.07, 6.45) is 11.7. The van der Waals surface area contributed by atoms with Crippen LogP contribution in [0.1, 0.15) is 57.8 Å². The van der Waals surface area contributed by atoms with Gasteiger partial charge in [0.2, 0.25) is 0 Å². The normalized spacial score (nSPS) is 11.1. The molecule has 0 atom stereocenters. The molecule has 0 aromatic heterocycles. The van der Waals surface area contributed by atoms with Crippen LogP contribution in [-0.4, -0.2) is 39.3 Å². The highest BCUT2D eigenvalue weighted by atomic mass is 14.8. The molecule has 0 rings (SSSR count). The molecular weight excluding hydrogens is 236 g/mol. The summed E-state index contributed by atoms with van der Waals surface area (Å²) in [4.78, 5) is 0. The van der Waals surface area contributed by atoms with Gasteiger partial charge in [-0.2, -0.15) is 0 Å². The topological polar surface area (TPSA) is 76.1 Å². The third kappa shape index (κ3) is 17.8. The van der Waals surface area contributed by atoms with Crippen LogP contribution in [0.5, 0.6) is 0 Å². The van der Waals surface area contributed by atoms with E-state index in [1.54, 1.807) is 0 Å². The van der Waals surface area contributed by atoms with Gasteiger partial charge in [0, 0.05) is 0 Å². The van der Waals surface area contributed by atoms with E-state index in [9.17, 15) is 0 Å². The fourth-order valence-electron chi connectivity index (χ4n) is 2.09. The molecule has 0 amide bonds. The second-order valence-corrected chi connectivity index (χ2v) is 5.26. The van der Waals surface area contributed by atoms with Crippen molar-refractivity contribution in [3.8, 4) is 0 Å². The van der Waals surface area contributed by atoms with Gasteiger partial charge in [-0.05, 0) is 65.0 Å². The molecule has 4 heteroatoms. The zero-order chi connectivity index (χ0) is 14.0. The van der Waals surface area contributed by atoms with Gasteiger partial charge in [-0.3, -0.25) is 0 Å². The van der Waals surface area contributed by atoms with Crippen LogP contribution in [0.4, 0.5) is 0 Å². The number of hydrogen-bond donors (Lipinski definition) is 4. The van der Waals surface area contributed by atoms with Crippen LogP contribution >= 0.6 is 0 Å². The summed E-state index contributed by atoms with van der Waals surface area (Å²) < 4.78 is 0. The Kier molecular flexibility index (Phi) is 17.7. The van der Waals surface area contributed by atoms with E-state index < -0.39 is 0 Å². The van der Waals surface area contributed by atoms with Crippen molar-refractivity contribution in [3.63, 3.8) is 0 Å². The van der Waals surface area contributed by atoms with Gasteiger partial charge in [0.15, 0.2) is 0 Å². The summed E-state index contributed by atoms with van der Waals surface area (Å²) in [5.41, 5.74) is 10.9. The molecule has 6 N–H and O–H groups in total. The van der Waals surface area contributed by atoms with Gasteiger partial charge < -0.3 is 22.1 Å². The Morgan fingerprint density at radius 3 is 1.11 bits per heavy atom. The van der Waals surface area contributed by atoms with Crippen molar-refractivity contribution in [1.82, 2.24) is 10.6 Å². The molecule has 0 fully saturated rings. The highest BCUT2D eigenvalue weighted by molar-refractivity contribution is 4.52. The predicted octanol–water partition coefficient (Wildman–Crippen LogP) is 1.59. The molecule has 19 heavy (non-hydrogen) atoms. The molecular formula is C15H36N4. The van der Waals surface area contributed by atoms with Crippen LogP contribution in [0.2, 0.25) is 0 Å². The molecule has 0 aromatic rings. The lowest BCUT2D eigenvalue weighted by Gasteiger charge is -2.05. The first kappa shape index (κ1) is 18.8. The van der Waals surface area contributed by atoms with Crippen molar-refractivity contribution in [2.75, 3.05) is 39.3 Å². The largest absolute Gasteiger partial charge is 0.330 e. The predicted molar refractivity (Wildman–Crippen MR) is 85.4 cm³/mol. The molecule has 0 saturated heterocycles. The third-order valence-corrected chi connectivity index (χ3v) is 3.32. The standard InChI is InChI=1S/C15H36N4/c16-10-8-14-18-12-6-4-2-1-3-5-7-13-19-15-9-11-17/h18-19H,1-17H2. The summed E-state index contributed by atoms with van der Waals surface area (Å²) in [7, 11) is 0. The zero-order valence-electron chi connectivity index (χ0n) is 12.8. The Labute approximate surface area is 120 Å². The summed E-state index contributed by atoms with van der Waals surface area (Å²) >= 11 is 0. The van der Waals surface area contributed by atoms with Crippen LogP contribution in [0.15, 0.2) is 0 Å². The Bertz CT molecular complexity index is 137. The molecule has 0 spiro atoms. The monoisotopic (exact) mass is 272 g/mol. The number of hydrogen-bond acceptors (Lipinski definition) is 4. The van der Waals surface area contributed by atoms with E-state index in [0.29, 0.717) is 0 Å². The number of nitrogens with one attached hydrogen (secondary N) is 2. The van der Waals surface area contributed by atoms with Crippen LogP contribution < -0.4 is 22.1 Å². The summed E-state index contributed by atoms with van der Waals surface area (Å²) in [6.45, 7) is 6.07. The van der Waals surface area contributed by atoms with Crippen molar-refractivity contribution in [2.45, 2.75) is 57.8 Å². The summed E-state index contributed by atoms with van der Waals surface area (Å²) in [5.74, 6) is 0. The summed E-state index contributed by atoms with van der Waals surface area (Å²) in [6, 6.07) is 0. The molecule has 0 bridgehead atoms. The van der Waals surface area contributed by atoms with E-state index in [1.165, 1.54) is 44.9 Å².